The number of hydrogen-bond donors (Lipinski definition) is 0. The van der Waals surface area contributed by atoms with Crippen LogP contribution in [0.1, 0.15) is 38.8 Å². The van der Waals surface area contributed by atoms with Crippen LogP contribution in [0.5, 0.6) is 0 Å². The molecule has 0 N–H and O–H groups in total. The molecule has 0 aliphatic carbocycles. The van der Waals surface area contributed by atoms with Crippen LogP contribution in [0, 0.1) is 6.92 Å². The summed E-state index contributed by atoms with van der Waals surface area (Å²) in [6.45, 7) is 10.6. The third-order valence-electron chi connectivity index (χ3n) is 2.62. The van der Waals surface area contributed by atoms with Crippen LogP contribution in [0.3, 0.4) is 0 Å². The summed E-state index contributed by atoms with van der Waals surface area (Å²) < 4.78 is 0. The molecule has 0 aliphatic heterocycles. The molecular formula is C17H22. The average Bonchev–Trinajstić information content (AvgIpc) is 2.26. The molecule has 90 valence electrons. The van der Waals surface area contributed by atoms with Gasteiger partial charge >= 0.3 is 0 Å². The Hall–Kier alpha value is -1.56. The van der Waals surface area contributed by atoms with E-state index in [2.05, 4.69) is 77.1 Å². The minimum atomic E-state index is 1.29. The summed E-state index contributed by atoms with van der Waals surface area (Å²) in [5.41, 5.74) is 6.51. The predicted octanol–water partition coefficient (Wildman–Crippen LogP) is 5.31. The van der Waals surface area contributed by atoms with Gasteiger partial charge in [0, 0.05) is 0 Å². The van der Waals surface area contributed by atoms with E-state index in [1.54, 1.807) is 0 Å². The quantitative estimate of drug-likeness (QED) is 0.613. The first kappa shape index (κ1) is 13.5. The summed E-state index contributed by atoms with van der Waals surface area (Å²) in [6, 6.07) is 8.65. The number of rotatable bonds is 3. The van der Waals surface area contributed by atoms with Gasteiger partial charge in [0.15, 0.2) is 0 Å². The molecule has 0 aromatic heterocycles. The molecule has 0 bridgehead atoms. The first-order valence-electron chi connectivity index (χ1n) is 6.06. The van der Waals surface area contributed by atoms with E-state index in [1.165, 1.54) is 27.8 Å². The molecule has 0 saturated carbocycles. The largest absolute Gasteiger partial charge is 0.0762 e. The SMILES string of the molecule is CC(C)=C/C(C)=C/C=C(\C)c1ccc(C)cc1. The third kappa shape index (κ3) is 4.86. The zero-order chi connectivity index (χ0) is 12.8. The first-order valence-corrected chi connectivity index (χ1v) is 6.06. The summed E-state index contributed by atoms with van der Waals surface area (Å²) >= 11 is 0. The topological polar surface area (TPSA) is 0 Å². The van der Waals surface area contributed by atoms with Crippen LogP contribution in [0.25, 0.3) is 5.57 Å². The van der Waals surface area contributed by atoms with Gasteiger partial charge in [0.1, 0.15) is 0 Å². The molecule has 0 spiro atoms. The van der Waals surface area contributed by atoms with Crippen LogP contribution in [-0.4, -0.2) is 0 Å². The summed E-state index contributed by atoms with van der Waals surface area (Å²) in [6.07, 6.45) is 6.54. The number of aryl methyl sites for hydroxylation is 1. The van der Waals surface area contributed by atoms with Gasteiger partial charge in [-0.1, -0.05) is 59.2 Å². The summed E-state index contributed by atoms with van der Waals surface area (Å²) in [5, 5.41) is 0. The van der Waals surface area contributed by atoms with Crippen LogP contribution in [0.15, 0.2) is 53.6 Å². The van der Waals surface area contributed by atoms with E-state index < -0.39 is 0 Å². The average molecular weight is 226 g/mol. The fourth-order valence-corrected chi connectivity index (χ4v) is 1.67. The Morgan fingerprint density at radius 1 is 0.882 bits per heavy atom. The molecule has 0 heterocycles. The van der Waals surface area contributed by atoms with Gasteiger partial charge in [-0.25, -0.2) is 0 Å². The maximum Gasteiger partial charge on any atom is -0.0227 e. The van der Waals surface area contributed by atoms with E-state index in [0.29, 0.717) is 0 Å². The maximum atomic E-state index is 2.19. The highest BCUT2D eigenvalue weighted by molar-refractivity contribution is 5.65. The van der Waals surface area contributed by atoms with Crippen molar-refractivity contribution >= 4 is 5.57 Å². The van der Waals surface area contributed by atoms with Gasteiger partial charge in [0.25, 0.3) is 0 Å². The van der Waals surface area contributed by atoms with Crippen molar-refractivity contribution in [1.82, 2.24) is 0 Å². The Kier molecular flexibility index (Phi) is 4.96. The summed E-state index contributed by atoms with van der Waals surface area (Å²) in [5.74, 6) is 0. The summed E-state index contributed by atoms with van der Waals surface area (Å²) in [4.78, 5) is 0. The lowest BCUT2D eigenvalue weighted by Gasteiger charge is -2.01. The van der Waals surface area contributed by atoms with Gasteiger partial charge in [-0.15, -0.1) is 0 Å². The second-order valence-corrected chi connectivity index (χ2v) is 4.85. The van der Waals surface area contributed by atoms with Gasteiger partial charge in [-0.2, -0.15) is 0 Å². The van der Waals surface area contributed by atoms with E-state index in [1.807, 2.05) is 0 Å². The van der Waals surface area contributed by atoms with Gasteiger partial charge in [-0.3, -0.25) is 0 Å². The van der Waals surface area contributed by atoms with Crippen LogP contribution in [0.4, 0.5) is 0 Å². The predicted molar refractivity (Wildman–Crippen MR) is 78.0 cm³/mol. The molecule has 0 nitrogen and oxygen atoms in total. The van der Waals surface area contributed by atoms with Crippen molar-refractivity contribution in [3.63, 3.8) is 0 Å². The Labute approximate surface area is 105 Å². The minimum Gasteiger partial charge on any atom is -0.0762 e. The van der Waals surface area contributed by atoms with Gasteiger partial charge in [-0.05, 0) is 45.8 Å². The minimum absolute atomic E-state index is 1.29. The molecule has 1 aromatic carbocycles. The molecule has 0 fully saturated rings. The van der Waals surface area contributed by atoms with Crippen molar-refractivity contribution < 1.29 is 0 Å². The summed E-state index contributed by atoms with van der Waals surface area (Å²) in [7, 11) is 0. The smallest absolute Gasteiger partial charge is 0.0227 e. The van der Waals surface area contributed by atoms with E-state index in [9.17, 15) is 0 Å². The molecule has 0 saturated heterocycles. The molecule has 1 rings (SSSR count). The first-order chi connectivity index (χ1) is 7.99. The Balaban J connectivity index is 2.86. The van der Waals surface area contributed by atoms with Crippen LogP contribution in [-0.2, 0) is 0 Å². The highest BCUT2D eigenvalue weighted by atomic mass is 14.0. The van der Waals surface area contributed by atoms with E-state index in [-0.39, 0.29) is 0 Å². The van der Waals surface area contributed by atoms with Gasteiger partial charge < -0.3 is 0 Å². The molecule has 0 unspecified atom stereocenters. The monoisotopic (exact) mass is 226 g/mol. The lowest BCUT2D eigenvalue weighted by atomic mass is 10.0. The van der Waals surface area contributed by atoms with Crippen molar-refractivity contribution in [2.24, 2.45) is 0 Å². The third-order valence-corrected chi connectivity index (χ3v) is 2.62. The van der Waals surface area contributed by atoms with Crippen molar-refractivity contribution in [1.29, 1.82) is 0 Å². The Morgan fingerprint density at radius 2 is 1.47 bits per heavy atom. The number of hydrogen-bond acceptors (Lipinski definition) is 0. The second kappa shape index (κ2) is 6.24. The standard InChI is InChI=1S/C17H22/c1-13(2)12-15(4)6-9-16(5)17-10-7-14(3)8-11-17/h6-12H,1-5H3/b15-6+,16-9+. The van der Waals surface area contributed by atoms with Crippen LogP contribution >= 0.6 is 0 Å². The normalized spacial score (nSPS) is 12.5. The number of allylic oxidation sites excluding steroid dienone is 6. The van der Waals surface area contributed by atoms with E-state index in [0.717, 1.165) is 0 Å². The van der Waals surface area contributed by atoms with Crippen molar-refractivity contribution in [3.8, 4) is 0 Å². The lowest BCUT2D eigenvalue weighted by Crippen LogP contribution is -1.79. The molecule has 1 aromatic rings. The molecule has 0 radical (unpaired) electrons. The molecule has 0 amide bonds. The highest BCUT2D eigenvalue weighted by Crippen LogP contribution is 2.15. The molecule has 0 aliphatic rings. The van der Waals surface area contributed by atoms with Crippen LogP contribution < -0.4 is 0 Å². The molecule has 0 atom stereocenters. The zero-order valence-corrected chi connectivity index (χ0v) is 11.5. The zero-order valence-electron chi connectivity index (χ0n) is 11.5. The Bertz CT molecular complexity index is 449. The van der Waals surface area contributed by atoms with Crippen molar-refractivity contribution in [2.75, 3.05) is 0 Å². The van der Waals surface area contributed by atoms with Crippen molar-refractivity contribution in [2.45, 2.75) is 34.6 Å². The van der Waals surface area contributed by atoms with Gasteiger partial charge in [0.05, 0.1) is 0 Å². The number of benzene rings is 1. The second-order valence-electron chi connectivity index (χ2n) is 4.85. The molecule has 0 heteroatoms. The fourth-order valence-electron chi connectivity index (χ4n) is 1.67. The lowest BCUT2D eigenvalue weighted by molar-refractivity contribution is 1.35. The molecular weight excluding hydrogens is 204 g/mol. The highest BCUT2D eigenvalue weighted by Gasteiger charge is 1.93. The fraction of sp³-hybridized carbons (Fsp3) is 0.294. The molecule has 17 heavy (non-hydrogen) atoms. The van der Waals surface area contributed by atoms with Crippen molar-refractivity contribution in [3.05, 3.63) is 64.8 Å². The van der Waals surface area contributed by atoms with E-state index in [4.69, 9.17) is 0 Å². The van der Waals surface area contributed by atoms with Gasteiger partial charge in [0.2, 0.25) is 0 Å². The Morgan fingerprint density at radius 3 is 2.00 bits per heavy atom. The van der Waals surface area contributed by atoms with Crippen LogP contribution in [0.2, 0.25) is 0 Å². The van der Waals surface area contributed by atoms with E-state index >= 15 is 0 Å². The maximum absolute atomic E-state index is 2.19.